The minimum Gasteiger partial charge on any atom is -0.498 e. The second kappa shape index (κ2) is 12.8. The summed E-state index contributed by atoms with van der Waals surface area (Å²) in [5.74, 6) is 5.35. The molecule has 35 heavy (non-hydrogen) atoms. The van der Waals surface area contributed by atoms with E-state index in [-0.39, 0.29) is 12.4 Å². The fraction of sp³-hybridized carbons (Fsp3) is 0.214. The number of hydrogen-bond donors (Lipinski definition) is 0. The molecule has 7 heteroatoms. The molecule has 0 saturated heterocycles. The molecule has 0 heterocycles. The third-order valence-electron chi connectivity index (χ3n) is 4.94. The SMILES string of the molecule is C=CC(=O)OCCCOC1=CC=C(C(=O)Oc2ccc(C#Cc3ccc(OC)cc3)cc2F)CC1. The lowest BCUT2D eigenvalue weighted by Gasteiger charge is -2.15. The Morgan fingerprint density at radius 3 is 2.43 bits per heavy atom. The Labute approximate surface area is 203 Å². The Morgan fingerprint density at radius 1 is 1.03 bits per heavy atom. The minimum atomic E-state index is -0.673. The molecule has 2 aromatic carbocycles. The fourth-order valence-electron chi connectivity index (χ4n) is 3.05. The summed E-state index contributed by atoms with van der Waals surface area (Å²) in [4.78, 5) is 23.4. The van der Waals surface area contributed by atoms with Gasteiger partial charge in [0.1, 0.15) is 5.75 Å². The molecular weight excluding hydrogens is 451 g/mol. The molecular formula is C28H25FO6. The van der Waals surface area contributed by atoms with Crippen molar-refractivity contribution in [2.24, 2.45) is 0 Å². The van der Waals surface area contributed by atoms with Crippen molar-refractivity contribution in [1.29, 1.82) is 0 Å². The summed E-state index contributed by atoms with van der Waals surface area (Å²) < 4.78 is 35.3. The average Bonchev–Trinajstić information content (AvgIpc) is 2.89. The largest absolute Gasteiger partial charge is 0.498 e. The Morgan fingerprint density at radius 2 is 1.77 bits per heavy atom. The van der Waals surface area contributed by atoms with Gasteiger partial charge in [-0.2, -0.15) is 0 Å². The maximum Gasteiger partial charge on any atom is 0.339 e. The zero-order valence-corrected chi connectivity index (χ0v) is 19.3. The van der Waals surface area contributed by atoms with Gasteiger partial charge in [0.25, 0.3) is 0 Å². The van der Waals surface area contributed by atoms with Crippen LogP contribution < -0.4 is 9.47 Å². The summed E-state index contributed by atoms with van der Waals surface area (Å²) in [6.07, 6.45) is 5.85. The first-order valence-corrected chi connectivity index (χ1v) is 11.0. The second-order valence-electron chi connectivity index (χ2n) is 7.41. The molecule has 0 radical (unpaired) electrons. The van der Waals surface area contributed by atoms with Crippen LogP contribution in [0.15, 0.2) is 78.6 Å². The van der Waals surface area contributed by atoms with Crippen LogP contribution >= 0.6 is 0 Å². The van der Waals surface area contributed by atoms with Crippen LogP contribution in [0.1, 0.15) is 30.4 Å². The van der Waals surface area contributed by atoms with Crippen molar-refractivity contribution >= 4 is 11.9 Å². The van der Waals surface area contributed by atoms with Crippen LogP contribution in [0.25, 0.3) is 0 Å². The average molecular weight is 477 g/mol. The number of ether oxygens (including phenoxy) is 4. The van der Waals surface area contributed by atoms with E-state index in [2.05, 4.69) is 18.4 Å². The van der Waals surface area contributed by atoms with Gasteiger partial charge in [0.05, 0.1) is 26.1 Å². The number of halogens is 1. The van der Waals surface area contributed by atoms with E-state index in [1.54, 1.807) is 37.5 Å². The maximum absolute atomic E-state index is 14.5. The third-order valence-corrected chi connectivity index (χ3v) is 4.94. The van der Waals surface area contributed by atoms with Gasteiger partial charge in [-0.25, -0.2) is 14.0 Å². The highest BCUT2D eigenvalue weighted by molar-refractivity contribution is 5.90. The monoisotopic (exact) mass is 476 g/mol. The Hall–Kier alpha value is -4.31. The Bertz CT molecular complexity index is 1200. The van der Waals surface area contributed by atoms with Crippen molar-refractivity contribution in [3.05, 3.63) is 95.5 Å². The molecule has 0 spiro atoms. The van der Waals surface area contributed by atoms with E-state index in [0.29, 0.717) is 42.8 Å². The molecule has 180 valence electrons. The fourth-order valence-corrected chi connectivity index (χ4v) is 3.05. The zero-order valence-electron chi connectivity index (χ0n) is 19.3. The van der Waals surface area contributed by atoms with E-state index in [9.17, 15) is 14.0 Å². The molecule has 3 rings (SSSR count). The molecule has 0 amide bonds. The quantitative estimate of drug-likeness (QED) is 0.169. The number of rotatable bonds is 9. The summed E-state index contributed by atoms with van der Waals surface area (Å²) in [5.41, 5.74) is 1.64. The number of hydrogen-bond acceptors (Lipinski definition) is 6. The van der Waals surface area contributed by atoms with Crippen LogP contribution in [0.5, 0.6) is 11.5 Å². The van der Waals surface area contributed by atoms with Crippen LogP contribution in [-0.2, 0) is 19.1 Å². The molecule has 0 unspecified atom stereocenters. The lowest BCUT2D eigenvalue weighted by atomic mass is 10.0. The van der Waals surface area contributed by atoms with Crippen molar-refractivity contribution < 1.29 is 32.9 Å². The number of carbonyl (C=O) groups excluding carboxylic acids is 2. The number of carbonyl (C=O) groups is 2. The highest BCUT2D eigenvalue weighted by atomic mass is 19.1. The van der Waals surface area contributed by atoms with Gasteiger partial charge in [0.2, 0.25) is 0 Å². The molecule has 0 aromatic heterocycles. The summed E-state index contributed by atoms with van der Waals surface area (Å²) >= 11 is 0. The number of allylic oxidation sites excluding steroid dienone is 3. The molecule has 1 aliphatic rings. The van der Waals surface area contributed by atoms with Gasteiger partial charge < -0.3 is 18.9 Å². The lowest BCUT2D eigenvalue weighted by molar-refractivity contribution is -0.138. The van der Waals surface area contributed by atoms with Crippen LogP contribution in [0.4, 0.5) is 4.39 Å². The maximum atomic E-state index is 14.5. The predicted octanol–water partition coefficient (Wildman–Crippen LogP) is 4.88. The van der Waals surface area contributed by atoms with E-state index < -0.39 is 17.8 Å². The van der Waals surface area contributed by atoms with Gasteiger partial charge in [0, 0.05) is 35.6 Å². The van der Waals surface area contributed by atoms with Gasteiger partial charge in [-0.1, -0.05) is 18.4 Å². The smallest absolute Gasteiger partial charge is 0.339 e. The molecule has 0 fully saturated rings. The molecule has 1 aliphatic carbocycles. The lowest BCUT2D eigenvalue weighted by Crippen LogP contribution is -2.14. The van der Waals surface area contributed by atoms with Gasteiger partial charge >= 0.3 is 11.9 Å². The third kappa shape index (κ3) is 7.90. The molecule has 0 N–H and O–H groups in total. The second-order valence-corrected chi connectivity index (χ2v) is 7.41. The van der Waals surface area contributed by atoms with Crippen molar-refractivity contribution in [2.75, 3.05) is 20.3 Å². The van der Waals surface area contributed by atoms with Crippen LogP contribution in [0.3, 0.4) is 0 Å². The standard InChI is InChI=1S/C28H25FO6/c1-3-27(30)34-18-4-17-33-24-14-10-22(11-15-24)28(31)35-26-16-9-21(19-25(26)29)6-5-20-7-12-23(32-2)13-8-20/h3,7-10,12-14,16,19H,1,4,11,15,17-18H2,2H3. The minimum absolute atomic E-state index is 0.161. The number of esters is 2. The zero-order chi connectivity index (χ0) is 25.0. The summed E-state index contributed by atoms with van der Waals surface area (Å²) in [6, 6.07) is 11.4. The highest BCUT2D eigenvalue weighted by Gasteiger charge is 2.18. The normalized spacial score (nSPS) is 12.3. The van der Waals surface area contributed by atoms with Gasteiger partial charge in [-0.05, 0) is 61.0 Å². The first kappa shape index (κ1) is 25.3. The van der Waals surface area contributed by atoms with Crippen molar-refractivity contribution in [1.82, 2.24) is 0 Å². The summed E-state index contributed by atoms with van der Waals surface area (Å²) in [7, 11) is 1.59. The van der Waals surface area contributed by atoms with Crippen LogP contribution in [-0.4, -0.2) is 32.3 Å². The van der Waals surface area contributed by atoms with Crippen LogP contribution in [0.2, 0.25) is 0 Å². The van der Waals surface area contributed by atoms with E-state index in [4.69, 9.17) is 18.9 Å². The highest BCUT2D eigenvalue weighted by Crippen LogP contribution is 2.24. The number of methoxy groups -OCH3 is 1. The van der Waals surface area contributed by atoms with Crippen LogP contribution in [0, 0.1) is 17.7 Å². The van der Waals surface area contributed by atoms with Gasteiger partial charge in [0.15, 0.2) is 11.6 Å². The molecule has 0 aliphatic heterocycles. The Kier molecular flexibility index (Phi) is 9.26. The number of benzene rings is 2. The predicted molar refractivity (Wildman–Crippen MR) is 128 cm³/mol. The molecule has 2 aromatic rings. The Balaban J connectivity index is 1.52. The first-order chi connectivity index (χ1) is 17.0. The van der Waals surface area contributed by atoms with E-state index in [1.165, 1.54) is 12.1 Å². The van der Waals surface area contributed by atoms with E-state index in [0.717, 1.165) is 17.4 Å². The van der Waals surface area contributed by atoms with Gasteiger partial charge in [-0.3, -0.25) is 0 Å². The van der Waals surface area contributed by atoms with Crippen molar-refractivity contribution in [3.63, 3.8) is 0 Å². The van der Waals surface area contributed by atoms with Crippen molar-refractivity contribution in [2.45, 2.75) is 19.3 Å². The molecule has 0 bridgehead atoms. The summed E-state index contributed by atoms with van der Waals surface area (Å²) in [5, 5.41) is 0. The molecule has 0 saturated carbocycles. The van der Waals surface area contributed by atoms with E-state index in [1.807, 2.05) is 12.1 Å². The van der Waals surface area contributed by atoms with Crippen molar-refractivity contribution in [3.8, 4) is 23.3 Å². The molecule has 6 nitrogen and oxygen atoms in total. The topological polar surface area (TPSA) is 71.1 Å². The molecule has 0 atom stereocenters. The van der Waals surface area contributed by atoms with Gasteiger partial charge in [-0.15, -0.1) is 0 Å². The summed E-state index contributed by atoms with van der Waals surface area (Å²) in [6.45, 7) is 3.94. The first-order valence-electron chi connectivity index (χ1n) is 11.0. The van der Waals surface area contributed by atoms with E-state index >= 15 is 0 Å².